The lowest BCUT2D eigenvalue weighted by Crippen LogP contribution is -2.39. The van der Waals surface area contributed by atoms with E-state index in [2.05, 4.69) is 25.3 Å². The molecule has 30 heavy (non-hydrogen) atoms. The highest BCUT2D eigenvalue weighted by molar-refractivity contribution is 5.77. The van der Waals surface area contributed by atoms with Crippen molar-refractivity contribution in [3.63, 3.8) is 0 Å². The first kappa shape index (κ1) is 27.9. The normalized spacial score (nSPS) is 15.6. The van der Waals surface area contributed by atoms with E-state index in [1.165, 1.54) is 11.1 Å². The number of allylic oxidation sites excluding steroid dienone is 4. The van der Waals surface area contributed by atoms with Crippen molar-refractivity contribution in [3.05, 3.63) is 48.6 Å². The van der Waals surface area contributed by atoms with Crippen molar-refractivity contribution in [3.8, 4) is 0 Å². The summed E-state index contributed by atoms with van der Waals surface area (Å²) in [5.74, 6) is -0.953. The number of carbonyl (C=O) groups excluding carboxylic acids is 2. The molecule has 0 aromatic carbocycles. The lowest BCUT2D eigenvalue weighted by atomic mass is 9.98. The van der Waals surface area contributed by atoms with Gasteiger partial charge in [0.2, 0.25) is 0 Å². The van der Waals surface area contributed by atoms with E-state index in [1.807, 2.05) is 34.6 Å². The van der Waals surface area contributed by atoms with Crippen molar-refractivity contribution in [2.24, 2.45) is 5.73 Å². The minimum absolute atomic E-state index is 0.0327. The maximum atomic E-state index is 12.4. The summed E-state index contributed by atoms with van der Waals surface area (Å²) >= 11 is 0. The fourth-order valence-corrected chi connectivity index (χ4v) is 2.69. The Morgan fingerprint density at radius 2 is 1.33 bits per heavy atom. The zero-order chi connectivity index (χ0) is 23.4. The molecule has 0 fully saturated rings. The molecule has 0 bridgehead atoms. The van der Waals surface area contributed by atoms with Gasteiger partial charge in [-0.3, -0.25) is 9.59 Å². The highest BCUT2D eigenvalue weighted by Crippen LogP contribution is 2.23. The number of rotatable bonds is 14. The van der Waals surface area contributed by atoms with Gasteiger partial charge in [-0.25, -0.2) is 0 Å². The fraction of sp³-hybridized carbons (Fsp3) is 0.600. The van der Waals surface area contributed by atoms with E-state index in [0.29, 0.717) is 12.8 Å². The Hall–Kier alpha value is -2.14. The molecule has 0 heterocycles. The number of ether oxygens (including phenoxy) is 2. The lowest BCUT2D eigenvalue weighted by Gasteiger charge is -2.28. The van der Waals surface area contributed by atoms with Crippen LogP contribution in [0.15, 0.2) is 48.6 Å². The number of nitrogens with two attached hydrogens (primary N) is 1. The molecule has 0 aliphatic rings. The molecule has 170 valence electrons. The van der Waals surface area contributed by atoms with E-state index in [0.717, 1.165) is 12.8 Å². The van der Waals surface area contributed by atoms with Gasteiger partial charge in [-0.2, -0.15) is 0 Å². The lowest BCUT2D eigenvalue weighted by molar-refractivity contribution is -0.157. The Labute approximate surface area is 183 Å². The zero-order valence-corrected chi connectivity index (χ0v) is 19.8. The zero-order valence-electron chi connectivity index (χ0n) is 19.8. The van der Waals surface area contributed by atoms with Gasteiger partial charge in [0.25, 0.3) is 0 Å². The summed E-state index contributed by atoms with van der Waals surface area (Å²) in [7, 11) is 0. The van der Waals surface area contributed by atoms with Crippen molar-refractivity contribution in [2.45, 2.75) is 97.3 Å². The van der Waals surface area contributed by atoms with E-state index in [4.69, 9.17) is 15.2 Å². The van der Waals surface area contributed by atoms with E-state index >= 15 is 0 Å². The van der Waals surface area contributed by atoms with Gasteiger partial charge in [0, 0.05) is 6.42 Å². The van der Waals surface area contributed by atoms with Gasteiger partial charge < -0.3 is 15.2 Å². The molecule has 3 atom stereocenters. The van der Waals surface area contributed by atoms with Crippen molar-refractivity contribution < 1.29 is 19.1 Å². The van der Waals surface area contributed by atoms with Crippen LogP contribution in [0.2, 0.25) is 0 Å². The number of hydrogen-bond acceptors (Lipinski definition) is 5. The van der Waals surface area contributed by atoms with Crippen molar-refractivity contribution >= 4 is 11.9 Å². The Balaban J connectivity index is 4.66. The standard InChI is InChI=1S/C25H41NO4/c1-9-24(7,17-11-13-19(3)4)29-22(27)16-15-21(26)23(28)30-25(8,10-2)18-12-14-20(5)6/h9-10,13-14,21H,1-2,11-12,15-18,26H2,3-8H3. The first-order chi connectivity index (χ1) is 13.9. The summed E-state index contributed by atoms with van der Waals surface area (Å²) in [5.41, 5.74) is 6.83. The molecule has 0 aliphatic carbocycles. The quantitative estimate of drug-likeness (QED) is 0.294. The Morgan fingerprint density at radius 3 is 1.73 bits per heavy atom. The Morgan fingerprint density at radius 1 is 0.900 bits per heavy atom. The van der Waals surface area contributed by atoms with Gasteiger partial charge >= 0.3 is 11.9 Å². The van der Waals surface area contributed by atoms with Crippen LogP contribution in [0.25, 0.3) is 0 Å². The third kappa shape index (κ3) is 11.8. The molecule has 5 nitrogen and oxygen atoms in total. The van der Waals surface area contributed by atoms with Crippen molar-refractivity contribution in [1.82, 2.24) is 0 Å². The van der Waals surface area contributed by atoms with Crippen LogP contribution in [0.5, 0.6) is 0 Å². The van der Waals surface area contributed by atoms with Crippen LogP contribution in [-0.2, 0) is 19.1 Å². The summed E-state index contributed by atoms with van der Waals surface area (Å²) in [5, 5.41) is 0. The van der Waals surface area contributed by atoms with E-state index in [9.17, 15) is 9.59 Å². The van der Waals surface area contributed by atoms with Crippen LogP contribution < -0.4 is 5.73 Å². The molecular formula is C25H41NO4. The van der Waals surface area contributed by atoms with Crippen LogP contribution in [-0.4, -0.2) is 29.2 Å². The molecule has 0 rings (SSSR count). The summed E-state index contributed by atoms with van der Waals surface area (Å²) in [6, 6.07) is -0.902. The summed E-state index contributed by atoms with van der Waals surface area (Å²) in [4.78, 5) is 24.7. The highest BCUT2D eigenvalue weighted by Gasteiger charge is 2.29. The molecule has 0 aliphatic heterocycles. The van der Waals surface area contributed by atoms with E-state index < -0.39 is 29.2 Å². The minimum atomic E-state index is -0.902. The largest absolute Gasteiger partial charge is 0.455 e. The first-order valence-electron chi connectivity index (χ1n) is 10.6. The average Bonchev–Trinajstić information content (AvgIpc) is 2.65. The molecule has 0 saturated heterocycles. The molecule has 0 aromatic rings. The van der Waals surface area contributed by atoms with Crippen LogP contribution in [0.4, 0.5) is 0 Å². The molecule has 0 spiro atoms. The third-order valence-corrected chi connectivity index (χ3v) is 4.89. The maximum Gasteiger partial charge on any atom is 0.323 e. The van der Waals surface area contributed by atoms with Crippen LogP contribution in [0.3, 0.4) is 0 Å². The Kier molecular flexibility index (Phi) is 12.3. The molecule has 0 amide bonds. The van der Waals surface area contributed by atoms with Gasteiger partial charge in [0.15, 0.2) is 0 Å². The van der Waals surface area contributed by atoms with Crippen LogP contribution in [0.1, 0.15) is 80.1 Å². The SMILES string of the molecule is C=CC(C)(CCC=C(C)C)OC(=O)CCC(N)C(=O)OC(C)(C=C)CCC=C(C)C. The second-order valence-electron chi connectivity index (χ2n) is 8.71. The summed E-state index contributed by atoms with van der Waals surface area (Å²) < 4.78 is 11.2. The topological polar surface area (TPSA) is 78.6 Å². The van der Waals surface area contributed by atoms with Crippen molar-refractivity contribution in [2.75, 3.05) is 0 Å². The predicted molar refractivity (Wildman–Crippen MR) is 124 cm³/mol. The van der Waals surface area contributed by atoms with Crippen LogP contribution in [0, 0.1) is 0 Å². The first-order valence-corrected chi connectivity index (χ1v) is 10.6. The van der Waals surface area contributed by atoms with Crippen molar-refractivity contribution in [1.29, 1.82) is 0 Å². The van der Waals surface area contributed by atoms with E-state index in [1.54, 1.807) is 19.1 Å². The third-order valence-electron chi connectivity index (χ3n) is 4.89. The van der Waals surface area contributed by atoms with Gasteiger partial charge in [0.1, 0.15) is 17.2 Å². The average molecular weight is 420 g/mol. The van der Waals surface area contributed by atoms with Gasteiger partial charge in [-0.1, -0.05) is 36.5 Å². The van der Waals surface area contributed by atoms with Gasteiger partial charge in [0.05, 0.1) is 0 Å². The number of hydrogen-bond donors (Lipinski definition) is 1. The summed E-state index contributed by atoms with van der Waals surface area (Å²) in [6.07, 6.45) is 10.4. The summed E-state index contributed by atoms with van der Waals surface area (Å²) in [6.45, 7) is 19.3. The van der Waals surface area contributed by atoms with Crippen LogP contribution >= 0.6 is 0 Å². The second kappa shape index (κ2) is 13.2. The van der Waals surface area contributed by atoms with Gasteiger partial charge in [-0.15, -0.1) is 0 Å². The second-order valence-corrected chi connectivity index (χ2v) is 8.71. The Bertz CT molecular complexity index is 656. The van der Waals surface area contributed by atoms with Gasteiger partial charge in [-0.05, 0) is 85.8 Å². The monoisotopic (exact) mass is 419 g/mol. The smallest absolute Gasteiger partial charge is 0.323 e. The molecule has 0 saturated carbocycles. The number of carbonyl (C=O) groups is 2. The predicted octanol–water partition coefficient (Wildman–Crippen LogP) is 5.56. The molecule has 5 heteroatoms. The molecule has 2 N–H and O–H groups in total. The fourth-order valence-electron chi connectivity index (χ4n) is 2.69. The number of esters is 2. The molecular weight excluding hydrogens is 378 g/mol. The maximum absolute atomic E-state index is 12.4. The molecule has 3 unspecified atom stereocenters. The van der Waals surface area contributed by atoms with E-state index in [-0.39, 0.29) is 12.8 Å². The molecule has 0 aromatic heterocycles. The minimum Gasteiger partial charge on any atom is -0.455 e. The molecule has 0 radical (unpaired) electrons. The highest BCUT2D eigenvalue weighted by atomic mass is 16.6.